The quantitative estimate of drug-likeness (QED) is 0.759. The minimum atomic E-state index is -1.47. The van der Waals surface area contributed by atoms with Crippen molar-refractivity contribution in [3.63, 3.8) is 0 Å². The van der Waals surface area contributed by atoms with Crippen molar-refractivity contribution in [1.29, 1.82) is 0 Å². The number of hydrogen-bond acceptors (Lipinski definition) is 6. The number of carboxylic acids is 1. The number of carbonyl (C=O) groups is 3. The molecular weight excluding hydrogens is 306 g/mol. The molecule has 0 spiro atoms. The number of imide groups is 1. The molecule has 0 radical (unpaired) electrons. The number of carboxylic acid groups (broad SMARTS) is 1. The summed E-state index contributed by atoms with van der Waals surface area (Å²) in [4.78, 5) is 35.0. The van der Waals surface area contributed by atoms with Gasteiger partial charge in [0.15, 0.2) is 0 Å². The van der Waals surface area contributed by atoms with E-state index >= 15 is 0 Å². The summed E-state index contributed by atoms with van der Waals surface area (Å²) in [5.41, 5.74) is 0.718. The van der Waals surface area contributed by atoms with Crippen LogP contribution in [0.1, 0.15) is 19.4 Å². The maximum Gasteiger partial charge on any atom is 0.293 e. The number of benzene rings is 1. The van der Waals surface area contributed by atoms with Crippen molar-refractivity contribution in [3.05, 3.63) is 34.7 Å². The van der Waals surface area contributed by atoms with Gasteiger partial charge < -0.3 is 14.6 Å². The van der Waals surface area contributed by atoms with Crippen LogP contribution in [-0.2, 0) is 9.59 Å². The Balaban J connectivity index is 2.14. The van der Waals surface area contributed by atoms with E-state index in [9.17, 15) is 19.5 Å². The first kappa shape index (κ1) is 16.1. The smallest absolute Gasteiger partial charge is 0.293 e. The lowest BCUT2D eigenvalue weighted by atomic mass is 10.2. The molecule has 1 saturated heterocycles. The second kappa shape index (κ2) is 6.65. The van der Waals surface area contributed by atoms with Gasteiger partial charge in [-0.15, -0.1) is 0 Å². The number of amides is 2. The Morgan fingerprint density at radius 3 is 2.50 bits per heavy atom. The van der Waals surface area contributed by atoms with Crippen LogP contribution in [0.5, 0.6) is 5.75 Å². The fourth-order valence-corrected chi connectivity index (χ4v) is 2.67. The van der Waals surface area contributed by atoms with Crippen molar-refractivity contribution in [3.8, 4) is 5.75 Å². The highest BCUT2D eigenvalue weighted by atomic mass is 32.2. The Morgan fingerprint density at radius 2 is 1.95 bits per heavy atom. The molecule has 0 aliphatic carbocycles. The number of rotatable bonds is 5. The zero-order valence-electron chi connectivity index (χ0n) is 12.1. The summed E-state index contributed by atoms with van der Waals surface area (Å²) >= 11 is 0.710. The third-order valence-electron chi connectivity index (χ3n) is 2.71. The standard InChI is InChI=1S/C15H15NO5S/c1-9(2)21-11-5-3-10(4-6-11)7-12-14(19)16(8-13(17)18)15(20)22-12/h3-7,9H,8H2,1-2H3,(H,17,18)/p-1/b12-7-. The molecule has 2 rings (SSSR count). The molecule has 0 saturated carbocycles. The predicted molar refractivity (Wildman–Crippen MR) is 79.9 cm³/mol. The Labute approximate surface area is 131 Å². The summed E-state index contributed by atoms with van der Waals surface area (Å²) in [6, 6.07) is 7.03. The monoisotopic (exact) mass is 320 g/mol. The predicted octanol–water partition coefficient (Wildman–Crippen LogP) is 1.26. The fraction of sp³-hybridized carbons (Fsp3) is 0.267. The topological polar surface area (TPSA) is 86.7 Å². The van der Waals surface area contributed by atoms with E-state index in [-0.39, 0.29) is 11.0 Å². The van der Waals surface area contributed by atoms with Crippen LogP contribution in [0.4, 0.5) is 4.79 Å². The Hall–Kier alpha value is -2.28. The summed E-state index contributed by atoms with van der Waals surface area (Å²) in [5.74, 6) is -1.39. The van der Waals surface area contributed by atoms with Crippen molar-refractivity contribution in [2.45, 2.75) is 20.0 Å². The van der Waals surface area contributed by atoms with E-state index in [1.807, 2.05) is 13.8 Å². The Morgan fingerprint density at radius 1 is 1.32 bits per heavy atom. The van der Waals surface area contributed by atoms with E-state index in [0.717, 1.165) is 5.56 Å². The van der Waals surface area contributed by atoms with Gasteiger partial charge in [0, 0.05) is 0 Å². The van der Waals surface area contributed by atoms with Gasteiger partial charge >= 0.3 is 0 Å². The second-order valence-electron chi connectivity index (χ2n) is 4.88. The molecule has 116 valence electrons. The van der Waals surface area contributed by atoms with Crippen LogP contribution in [0, 0.1) is 0 Å². The first-order valence-corrected chi connectivity index (χ1v) is 7.40. The number of carbonyl (C=O) groups excluding carboxylic acids is 3. The molecule has 0 bridgehead atoms. The van der Waals surface area contributed by atoms with Gasteiger partial charge in [-0.3, -0.25) is 14.5 Å². The maximum atomic E-state index is 12.0. The Bertz CT molecular complexity index is 636. The first-order chi connectivity index (χ1) is 10.4. The number of ether oxygens (including phenoxy) is 1. The van der Waals surface area contributed by atoms with E-state index in [4.69, 9.17) is 4.74 Å². The SMILES string of the molecule is CC(C)Oc1ccc(/C=C2\SC(=O)N(CC(=O)[O-])C2=O)cc1. The van der Waals surface area contributed by atoms with E-state index in [2.05, 4.69) is 0 Å². The maximum absolute atomic E-state index is 12.0. The molecule has 7 heteroatoms. The number of thioether (sulfide) groups is 1. The highest BCUT2D eigenvalue weighted by Crippen LogP contribution is 2.32. The van der Waals surface area contributed by atoms with Gasteiger partial charge in [-0.25, -0.2) is 0 Å². The zero-order chi connectivity index (χ0) is 16.3. The van der Waals surface area contributed by atoms with Crippen LogP contribution in [0.2, 0.25) is 0 Å². The molecule has 0 aromatic heterocycles. The average Bonchev–Trinajstić information content (AvgIpc) is 2.68. The van der Waals surface area contributed by atoms with Crippen LogP contribution >= 0.6 is 11.8 Å². The largest absolute Gasteiger partial charge is 0.548 e. The van der Waals surface area contributed by atoms with Crippen molar-refractivity contribution < 1.29 is 24.2 Å². The van der Waals surface area contributed by atoms with Gasteiger partial charge in [0.2, 0.25) is 0 Å². The van der Waals surface area contributed by atoms with Gasteiger partial charge in [-0.05, 0) is 49.4 Å². The highest BCUT2D eigenvalue weighted by molar-refractivity contribution is 8.18. The molecule has 1 aromatic carbocycles. The summed E-state index contributed by atoms with van der Waals surface area (Å²) < 4.78 is 5.51. The lowest BCUT2D eigenvalue weighted by Crippen LogP contribution is -2.40. The molecule has 0 unspecified atom stereocenters. The molecule has 2 amide bonds. The van der Waals surface area contributed by atoms with Crippen LogP contribution in [0.15, 0.2) is 29.2 Å². The molecule has 0 N–H and O–H groups in total. The van der Waals surface area contributed by atoms with Crippen molar-refractivity contribution in [2.24, 2.45) is 0 Å². The van der Waals surface area contributed by atoms with Crippen LogP contribution in [0.3, 0.4) is 0 Å². The zero-order valence-corrected chi connectivity index (χ0v) is 12.9. The molecule has 1 aromatic rings. The lowest BCUT2D eigenvalue weighted by molar-refractivity contribution is -0.305. The normalized spacial score (nSPS) is 16.7. The molecule has 1 fully saturated rings. The van der Waals surface area contributed by atoms with Gasteiger partial charge in [0.25, 0.3) is 11.1 Å². The van der Waals surface area contributed by atoms with Gasteiger partial charge in [-0.2, -0.15) is 0 Å². The minimum absolute atomic E-state index is 0.0620. The van der Waals surface area contributed by atoms with Gasteiger partial charge in [-0.1, -0.05) is 12.1 Å². The Kier molecular flexibility index (Phi) is 4.87. The summed E-state index contributed by atoms with van der Waals surface area (Å²) in [6.07, 6.45) is 1.60. The van der Waals surface area contributed by atoms with Gasteiger partial charge in [0.05, 0.1) is 23.5 Å². The third kappa shape index (κ3) is 3.88. The highest BCUT2D eigenvalue weighted by Gasteiger charge is 2.34. The van der Waals surface area contributed by atoms with Crippen molar-refractivity contribution in [1.82, 2.24) is 4.90 Å². The van der Waals surface area contributed by atoms with Crippen molar-refractivity contribution >= 4 is 35.0 Å². The summed E-state index contributed by atoms with van der Waals surface area (Å²) in [6.45, 7) is 3.10. The number of aliphatic carboxylic acids is 1. The fourth-order valence-electron chi connectivity index (χ4n) is 1.83. The van der Waals surface area contributed by atoms with E-state index in [1.54, 1.807) is 30.3 Å². The molecule has 1 heterocycles. The molecule has 1 aliphatic rings. The molecule has 0 atom stereocenters. The summed E-state index contributed by atoms with van der Waals surface area (Å²) in [7, 11) is 0. The lowest BCUT2D eigenvalue weighted by Gasteiger charge is -2.12. The minimum Gasteiger partial charge on any atom is -0.548 e. The van der Waals surface area contributed by atoms with E-state index in [0.29, 0.717) is 22.4 Å². The number of hydrogen-bond donors (Lipinski definition) is 0. The van der Waals surface area contributed by atoms with Crippen molar-refractivity contribution in [2.75, 3.05) is 6.54 Å². The van der Waals surface area contributed by atoms with Crippen LogP contribution in [0.25, 0.3) is 6.08 Å². The van der Waals surface area contributed by atoms with E-state index < -0.39 is 23.7 Å². The molecule has 22 heavy (non-hydrogen) atoms. The second-order valence-corrected chi connectivity index (χ2v) is 5.87. The first-order valence-electron chi connectivity index (χ1n) is 6.58. The molecule has 6 nitrogen and oxygen atoms in total. The molecule has 1 aliphatic heterocycles. The number of nitrogens with zero attached hydrogens (tertiary/aromatic N) is 1. The van der Waals surface area contributed by atoms with Crippen LogP contribution < -0.4 is 9.84 Å². The van der Waals surface area contributed by atoms with Crippen LogP contribution in [-0.4, -0.2) is 34.7 Å². The van der Waals surface area contributed by atoms with E-state index in [1.165, 1.54) is 0 Å². The summed E-state index contributed by atoms with van der Waals surface area (Å²) in [5, 5.41) is 9.93. The third-order valence-corrected chi connectivity index (χ3v) is 3.62. The average molecular weight is 320 g/mol. The van der Waals surface area contributed by atoms with Gasteiger partial charge in [0.1, 0.15) is 5.75 Å². The molecular formula is C15H14NO5S-.